The topological polar surface area (TPSA) is 96.7 Å². The lowest BCUT2D eigenvalue weighted by molar-refractivity contribution is -0.130. The molecule has 160 valence electrons. The molecule has 9 nitrogen and oxygen atoms in total. The van der Waals surface area contributed by atoms with E-state index < -0.39 is 0 Å². The van der Waals surface area contributed by atoms with Gasteiger partial charge < -0.3 is 20.3 Å². The predicted molar refractivity (Wildman–Crippen MR) is 113 cm³/mol. The van der Waals surface area contributed by atoms with E-state index >= 15 is 0 Å². The van der Waals surface area contributed by atoms with E-state index in [9.17, 15) is 4.79 Å². The van der Waals surface area contributed by atoms with Gasteiger partial charge in [0.05, 0.1) is 13.1 Å². The molecular weight excluding hydrogens is 382 g/mol. The van der Waals surface area contributed by atoms with E-state index in [1.165, 1.54) is 11.1 Å². The van der Waals surface area contributed by atoms with Crippen LogP contribution in [0.5, 0.6) is 0 Å². The summed E-state index contributed by atoms with van der Waals surface area (Å²) in [6, 6.07) is 8.50. The molecule has 0 radical (unpaired) electrons. The first-order chi connectivity index (χ1) is 14.7. The van der Waals surface area contributed by atoms with E-state index in [1.54, 1.807) is 14.2 Å². The number of carbonyl (C=O) groups is 1. The van der Waals surface area contributed by atoms with Crippen LogP contribution in [0.1, 0.15) is 29.2 Å². The molecule has 30 heavy (non-hydrogen) atoms. The van der Waals surface area contributed by atoms with Gasteiger partial charge in [0.2, 0.25) is 5.91 Å². The molecule has 3 heterocycles. The lowest BCUT2D eigenvalue weighted by Gasteiger charge is -2.29. The lowest BCUT2D eigenvalue weighted by atomic mass is 10.00. The molecule has 2 aliphatic heterocycles. The highest BCUT2D eigenvalue weighted by Crippen LogP contribution is 2.18. The van der Waals surface area contributed by atoms with Crippen molar-refractivity contribution in [1.82, 2.24) is 30.3 Å². The number of benzene rings is 1. The first-order valence-corrected chi connectivity index (χ1v) is 10.4. The van der Waals surface area contributed by atoms with E-state index in [1.807, 2.05) is 15.6 Å². The SMILES string of the molecule is CN=C(NCC(=O)N1CCc2ccccc2C1)NC1CCc2nc(COC)nn2C1. The van der Waals surface area contributed by atoms with E-state index in [4.69, 9.17) is 4.74 Å². The average molecular weight is 412 g/mol. The Balaban J connectivity index is 1.27. The molecule has 0 bridgehead atoms. The number of hydrogen-bond donors (Lipinski definition) is 2. The normalized spacial score (nSPS) is 18.5. The number of methoxy groups -OCH3 is 1. The molecule has 0 fully saturated rings. The van der Waals surface area contributed by atoms with Gasteiger partial charge in [0, 0.05) is 39.7 Å². The maximum atomic E-state index is 12.7. The molecule has 2 N–H and O–H groups in total. The molecule has 1 amide bonds. The molecule has 1 unspecified atom stereocenters. The number of ether oxygens (including phenoxy) is 1. The Morgan fingerprint density at radius 3 is 2.93 bits per heavy atom. The standard InChI is InChI=1S/C21H29N7O2/c1-22-21(24-17-7-8-19-25-18(14-30-2)26-28(19)13-17)23-11-20(29)27-10-9-15-5-3-4-6-16(15)12-27/h3-6,17H,7-14H2,1-2H3,(H2,22,23,24). The fourth-order valence-electron chi connectivity index (χ4n) is 4.04. The van der Waals surface area contributed by atoms with Crippen molar-refractivity contribution >= 4 is 11.9 Å². The fraction of sp³-hybridized carbons (Fsp3) is 0.524. The van der Waals surface area contributed by atoms with Crippen molar-refractivity contribution in [1.29, 1.82) is 0 Å². The first-order valence-electron chi connectivity index (χ1n) is 10.4. The second-order valence-electron chi connectivity index (χ2n) is 7.70. The molecule has 4 rings (SSSR count). The van der Waals surface area contributed by atoms with Crippen LogP contribution >= 0.6 is 0 Å². The van der Waals surface area contributed by atoms with Crippen LogP contribution in [0.3, 0.4) is 0 Å². The Morgan fingerprint density at radius 2 is 2.13 bits per heavy atom. The zero-order valence-corrected chi connectivity index (χ0v) is 17.6. The number of aromatic nitrogens is 3. The first kappa shape index (κ1) is 20.3. The van der Waals surface area contributed by atoms with Crippen molar-refractivity contribution in [2.45, 2.75) is 45.0 Å². The molecule has 1 aromatic heterocycles. The summed E-state index contributed by atoms with van der Waals surface area (Å²) in [4.78, 5) is 23.4. The number of nitrogens with zero attached hydrogens (tertiary/aromatic N) is 5. The molecule has 1 aromatic carbocycles. The van der Waals surface area contributed by atoms with Gasteiger partial charge in [0.15, 0.2) is 11.8 Å². The molecule has 9 heteroatoms. The van der Waals surface area contributed by atoms with Crippen LogP contribution in [-0.4, -0.2) is 64.8 Å². The van der Waals surface area contributed by atoms with E-state index in [0.717, 1.165) is 31.6 Å². The van der Waals surface area contributed by atoms with Crippen molar-refractivity contribution in [2.75, 3.05) is 27.2 Å². The molecular formula is C21H29N7O2. The quantitative estimate of drug-likeness (QED) is 0.549. The highest BCUT2D eigenvalue weighted by atomic mass is 16.5. The molecule has 2 aromatic rings. The van der Waals surface area contributed by atoms with Crippen molar-refractivity contribution in [2.24, 2.45) is 4.99 Å². The average Bonchev–Trinajstić information content (AvgIpc) is 3.18. The summed E-state index contributed by atoms with van der Waals surface area (Å²) in [5.41, 5.74) is 2.57. The Kier molecular flexibility index (Phi) is 6.27. The van der Waals surface area contributed by atoms with Crippen molar-refractivity contribution < 1.29 is 9.53 Å². The van der Waals surface area contributed by atoms with E-state index in [2.05, 4.69) is 43.9 Å². The summed E-state index contributed by atoms with van der Waals surface area (Å²) < 4.78 is 7.05. The second kappa shape index (κ2) is 9.25. The third kappa shape index (κ3) is 4.62. The molecule has 0 saturated carbocycles. The summed E-state index contributed by atoms with van der Waals surface area (Å²) in [6.45, 7) is 2.78. The summed E-state index contributed by atoms with van der Waals surface area (Å²) in [5.74, 6) is 2.42. The monoisotopic (exact) mass is 411 g/mol. The van der Waals surface area contributed by atoms with Gasteiger partial charge in [0.1, 0.15) is 12.4 Å². The number of aryl methyl sites for hydroxylation is 1. The Hall–Kier alpha value is -2.94. The number of rotatable bonds is 5. The second-order valence-corrected chi connectivity index (χ2v) is 7.70. The largest absolute Gasteiger partial charge is 0.377 e. The Labute approximate surface area is 176 Å². The third-order valence-electron chi connectivity index (χ3n) is 5.63. The van der Waals surface area contributed by atoms with Crippen LogP contribution in [0.2, 0.25) is 0 Å². The smallest absolute Gasteiger partial charge is 0.242 e. The number of aliphatic imine (C=N–C) groups is 1. The molecule has 0 aliphatic carbocycles. The summed E-state index contributed by atoms with van der Waals surface area (Å²) in [6.07, 6.45) is 2.68. The highest BCUT2D eigenvalue weighted by molar-refractivity contribution is 5.86. The van der Waals surface area contributed by atoms with Gasteiger partial charge in [-0.3, -0.25) is 9.79 Å². The van der Waals surface area contributed by atoms with Crippen LogP contribution < -0.4 is 10.6 Å². The van der Waals surface area contributed by atoms with Gasteiger partial charge in [0.25, 0.3) is 0 Å². The number of hydrogen-bond acceptors (Lipinski definition) is 5. The van der Waals surface area contributed by atoms with E-state index in [-0.39, 0.29) is 18.5 Å². The number of carbonyl (C=O) groups excluding carboxylic acids is 1. The molecule has 2 aliphatic rings. The van der Waals surface area contributed by atoms with Crippen molar-refractivity contribution in [3.63, 3.8) is 0 Å². The molecule has 0 spiro atoms. The molecule has 1 atom stereocenters. The fourth-order valence-corrected chi connectivity index (χ4v) is 4.04. The van der Waals surface area contributed by atoms with E-state index in [0.29, 0.717) is 31.5 Å². The number of amides is 1. The van der Waals surface area contributed by atoms with Gasteiger partial charge in [-0.15, -0.1) is 0 Å². The number of nitrogens with one attached hydrogen (secondary N) is 2. The number of fused-ring (bicyclic) bond motifs is 2. The summed E-state index contributed by atoms with van der Waals surface area (Å²) >= 11 is 0. The summed E-state index contributed by atoms with van der Waals surface area (Å²) in [5, 5.41) is 11.1. The Morgan fingerprint density at radius 1 is 1.30 bits per heavy atom. The summed E-state index contributed by atoms with van der Waals surface area (Å²) in [7, 11) is 3.36. The minimum atomic E-state index is 0.0823. The zero-order chi connectivity index (χ0) is 20.9. The number of guanidine groups is 1. The van der Waals surface area contributed by atoms with Gasteiger partial charge >= 0.3 is 0 Å². The minimum Gasteiger partial charge on any atom is -0.377 e. The predicted octanol–water partition coefficient (Wildman–Crippen LogP) is 0.489. The molecule has 0 saturated heterocycles. The van der Waals surface area contributed by atoms with Gasteiger partial charge in [-0.05, 0) is 24.0 Å². The zero-order valence-electron chi connectivity index (χ0n) is 17.6. The highest BCUT2D eigenvalue weighted by Gasteiger charge is 2.23. The third-order valence-corrected chi connectivity index (χ3v) is 5.63. The maximum absolute atomic E-state index is 12.7. The van der Waals surface area contributed by atoms with Crippen LogP contribution in [0.4, 0.5) is 0 Å². The van der Waals surface area contributed by atoms with Crippen molar-refractivity contribution in [3.8, 4) is 0 Å². The minimum absolute atomic E-state index is 0.0823. The van der Waals surface area contributed by atoms with Gasteiger partial charge in [-0.25, -0.2) is 9.67 Å². The van der Waals surface area contributed by atoms with Crippen LogP contribution in [0.15, 0.2) is 29.3 Å². The lowest BCUT2D eigenvalue weighted by Crippen LogP contribution is -2.50. The van der Waals surface area contributed by atoms with Crippen LogP contribution in [0, 0.1) is 0 Å². The van der Waals surface area contributed by atoms with Crippen LogP contribution in [-0.2, 0) is 42.1 Å². The van der Waals surface area contributed by atoms with Gasteiger partial charge in [-0.2, -0.15) is 5.10 Å². The van der Waals surface area contributed by atoms with Crippen LogP contribution in [0.25, 0.3) is 0 Å². The van der Waals surface area contributed by atoms with Crippen molar-refractivity contribution in [3.05, 3.63) is 47.0 Å². The van der Waals surface area contributed by atoms with Gasteiger partial charge in [-0.1, -0.05) is 24.3 Å². The maximum Gasteiger partial charge on any atom is 0.242 e. The Bertz CT molecular complexity index is 924.